The minimum absolute atomic E-state index is 0.108. The zero-order valence-electron chi connectivity index (χ0n) is 29.1. The largest absolute Gasteiger partial charge is 0.384 e. The minimum Gasteiger partial charge on any atom is -0.384 e. The monoisotopic (exact) mass is 651 g/mol. The molecule has 0 fully saturated rings. The Bertz CT molecular complexity index is 2110. The van der Waals surface area contributed by atoms with E-state index in [0.717, 1.165) is 53.9 Å². The fourth-order valence-electron chi connectivity index (χ4n) is 8.08. The SMILES string of the molecule is CC1C(C2=CC=CCC2)C=CNC1c1cc(-c2cc(-c3ccccc3)nc(C3(C)C=CCCC3)c2)cc(-c2cc(-c3ccccc3)ccn2)c1. The van der Waals surface area contributed by atoms with Gasteiger partial charge in [-0.05, 0) is 115 Å². The molecule has 8 rings (SSSR count). The third-order valence-corrected chi connectivity index (χ3v) is 11.0. The number of pyridine rings is 2. The van der Waals surface area contributed by atoms with Crippen molar-refractivity contribution in [3.05, 3.63) is 169 Å². The summed E-state index contributed by atoms with van der Waals surface area (Å²) >= 11 is 0. The first-order valence-corrected chi connectivity index (χ1v) is 18.3. The van der Waals surface area contributed by atoms with Gasteiger partial charge in [-0.2, -0.15) is 0 Å². The summed E-state index contributed by atoms with van der Waals surface area (Å²) in [6, 6.07) is 37.5. The summed E-state index contributed by atoms with van der Waals surface area (Å²) in [6.07, 6.45) is 23.7. The first kappa shape index (κ1) is 32.0. The maximum absolute atomic E-state index is 5.34. The Hall–Kier alpha value is -5.28. The van der Waals surface area contributed by atoms with Crippen LogP contribution >= 0.6 is 0 Å². The maximum atomic E-state index is 5.34. The van der Waals surface area contributed by atoms with Crippen molar-refractivity contribution >= 4 is 0 Å². The lowest BCUT2D eigenvalue weighted by molar-refractivity contribution is 0.338. The van der Waals surface area contributed by atoms with Crippen molar-refractivity contribution in [1.82, 2.24) is 15.3 Å². The van der Waals surface area contributed by atoms with E-state index in [9.17, 15) is 0 Å². The molecule has 0 saturated heterocycles. The summed E-state index contributed by atoms with van der Waals surface area (Å²) in [6.45, 7) is 4.75. The Morgan fingerprint density at radius 2 is 1.48 bits per heavy atom. The molecule has 3 aliphatic rings. The van der Waals surface area contributed by atoms with E-state index < -0.39 is 0 Å². The number of benzene rings is 3. The van der Waals surface area contributed by atoms with Gasteiger partial charge in [0, 0.05) is 28.7 Å². The van der Waals surface area contributed by atoms with Crippen molar-refractivity contribution in [1.29, 1.82) is 0 Å². The summed E-state index contributed by atoms with van der Waals surface area (Å²) in [4.78, 5) is 10.3. The molecule has 5 aromatic rings. The summed E-state index contributed by atoms with van der Waals surface area (Å²) in [7, 11) is 0. The third kappa shape index (κ3) is 6.53. The van der Waals surface area contributed by atoms with Gasteiger partial charge in [0.25, 0.3) is 0 Å². The van der Waals surface area contributed by atoms with Gasteiger partial charge >= 0.3 is 0 Å². The molecule has 0 spiro atoms. The van der Waals surface area contributed by atoms with Crippen LogP contribution in [0.1, 0.15) is 63.3 Å². The normalized spacial score (nSPS) is 22.9. The second-order valence-electron chi connectivity index (χ2n) is 14.4. The van der Waals surface area contributed by atoms with Gasteiger partial charge in [0.05, 0.1) is 23.1 Å². The quantitative estimate of drug-likeness (QED) is 0.178. The molecule has 3 heteroatoms. The topological polar surface area (TPSA) is 37.8 Å². The van der Waals surface area contributed by atoms with E-state index in [4.69, 9.17) is 9.97 Å². The van der Waals surface area contributed by atoms with E-state index in [1.807, 2.05) is 6.20 Å². The molecule has 3 heterocycles. The number of hydrogen-bond donors (Lipinski definition) is 1. The van der Waals surface area contributed by atoms with Gasteiger partial charge in [-0.15, -0.1) is 0 Å². The van der Waals surface area contributed by atoms with Crippen LogP contribution in [0.15, 0.2) is 158 Å². The smallest absolute Gasteiger partial charge is 0.0711 e. The highest BCUT2D eigenvalue weighted by Gasteiger charge is 2.32. The zero-order chi connectivity index (χ0) is 33.9. The molecular weight excluding hydrogens is 607 g/mol. The van der Waals surface area contributed by atoms with Crippen LogP contribution in [0.3, 0.4) is 0 Å². The molecule has 2 aromatic heterocycles. The van der Waals surface area contributed by atoms with Crippen molar-refractivity contribution in [2.24, 2.45) is 11.8 Å². The molecule has 1 N–H and O–H groups in total. The number of aromatic nitrogens is 2. The highest BCUT2D eigenvalue weighted by atomic mass is 14.9. The van der Waals surface area contributed by atoms with Crippen LogP contribution in [-0.2, 0) is 5.41 Å². The van der Waals surface area contributed by atoms with E-state index in [1.54, 1.807) is 0 Å². The molecule has 0 radical (unpaired) electrons. The lowest BCUT2D eigenvalue weighted by atomic mass is 9.75. The highest BCUT2D eigenvalue weighted by Crippen LogP contribution is 2.42. The Labute approximate surface area is 297 Å². The van der Waals surface area contributed by atoms with Crippen molar-refractivity contribution in [2.45, 2.75) is 57.4 Å². The summed E-state index contributed by atoms with van der Waals surface area (Å²) in [5.41, 5.74) is 12.8. The van der Waals surface area contributed by atoms with Crippen molar-refractivity contribution < 1.29 is 0 Å². The lowest BCUT2D eigenvalue weighted by Gasteiger charge is -2.36. The molecule has 4 atom stereocenters. The molecule has 3 nitrogen and oxygen atoms in total. The highest BCUT2D eigenvalue weighted by molar-refractivity contribution is 5.78. The third-order valence-electron chi connectivity index (χ3n) is 11.0. The van der Waals surface area contributed by atoms with Gasteiger partial charge in [-0.25, -0.2) is 0 Å². The molecule has 1 aliphatic heterocycles. The van der Waals surface area contributed by atoms with Crippen LogP contribution in [0.25, 0.3) is 44.8 Å². The second kappa shape index (κ2) is 13.9. The molecule has 0 amide bonds. The van der Waals surface area contributed by atoms with Crippen LogP contribution in [-0.4, -0.2) is 9.97 Å². The van der Waals surface area contributed by atoms with Crippen molar-refractivity contribution in [3.63, 3.8) is 0 Å². The predicted molar refractivity (Wildman–Crippen MR) is 208 cm³/mol. The summed E-state index contributed by atoms with van der Waals surface area (Å²) in [5.74, 6) is 0.775. The van der Waals surface area contributed by atoms with Crippen LogP contribution in [0, 0.1) is 11.8 Å². The van der Waals surface area contributed by atoms with Crippen LogP contribution in [0.5, 0.6) is 0 Å². The molecule has 248 valence electrons. The molecule has 0 bridgehead atoms. The van der Waals surface area contributed by atoms with E-state index in [-0.39, 0.29) is 11.5 Å². The van der Waals surface area contributed by atoms with Crippen LogP contribution in [0.2, 0.25) is 0 Å². The van der Waals surface area contributed by atoms with Gasteiger partial charge in [0.15, 0.2) is 0 Å². The van der Waals surface area contributed by atoms with E-state index in [2.05, 4.69) is 165 Å². The lowest BCUT2D eigenvalue weighted by Crippen LogP contribution is -2.32. The van der Waals surface area contributed by atoms with Crippen molar-refractivity contribution in [3.8, 4) is 44.8 Å². The minimum atomic E-state index is -0.108. The van der Waals surface area contributed by atoms with Crippen molar-refractivity contribution in [2.75, 3.05) is 0 Å². The summed E-state index contributed by atoms with van der Waals surface area (Å²) < 4.78 is 0. The molecule has 4 unspecified atom stereocenters. The molecule has 0 saturated carbocycles. The number of nitrogens with zero attached hydrogens (tertiary/aromatic N) is 2. The van der Waals surface area contributed by atoms with E-state index in [1.165, 1.54) is 39.8 Å². The number of rotatable bonds is 7. The van der Waals surface area contributed by atoms with Crippen LogP contribution < -0.4 is 5.32 Å². The zero-order valence-corrected chi connectivity index (χ0v) is 29.1. The maximum Gasteiger partial charge on any atom is 0.0711 e. The first-order chi connectivity index (χ1) is 24.5. The van der Waals surface area contributed by atoms with Gasteiger partial charge in [-0.1, -0.05) is 117 Å². The van der Waals surface area contributed by atoms with Crippen LogP contribution in [0.4, 0.5) is 0 Å². The summed E-state index contributed by atoms with van der Waals surface area (Å²) in [5, 5.41) is 3.79. The Kier molecular flexibility index (Phi) is 8.89. The second-order valence-corrected chi connectivity index (χ2v) is 14.4. The Morgan fingerprint density at radius 3 is 2.24 bits per heavy atom. The molecule has 3 aromatic carbocycles. The number of hydrogen-bond acceptors (Lipinski definition) is 3. The first-order valence-electron chi connectivity index (χ1n) is 18.3. The average molecular weight is 652 g/mol. The number of nitrogens with one attached hydrogen (secondary N) is 1. The number of allylic oxidation sites excluding steroid dienone is 7. The average Bonchev–Trinajstić information content (AvgIpc) is 3.19. The van der Waals surface area contributed by atoms with E-state index >= 15 is 0 Å². The van der Waals surface area contributed by atoms with Gasteiger partial charge < -0.3 is 5.32 Å². The Morgan fingerprint density at radius 1 is 0.720 bits per heavy atom. The predicted octanol–water partition coefficient (Wildman–Crippen LogP) is 11.8. The van der Waals surface area contributed by atoms with Gasteiger partial charge in [-0.3, -0.25) is 9.97 Å². The molecular formula is C47H45N3. The Balaban J connectivity index is 1.29. The molecule has 50 heavy (non-hydrogen) atoms. The fourth-order valence-corrected chi connectivity index (χ4v) is 8.08. The van der Waals surface area contributed by atoms with Gasteiger partial charge in [0.2, 0.25) is 0 Å². The van der Waals surface area contributed by atoms with Gasteiger partial charge in [0.1, 0.15) is 0 Å². The standard InChI is InChI=1S/C47H45N3/c1-33-42(35-17-9-4-10-18-35)22-26-49-46(33)41-28-38(27-40(29-41)43-30-37(21-25-48-43)34-15-7-3-8-16-34)39-31-44(36-19-11-5-12-20-36)50-45(32-39)47(2)23-13-6-14-24-47/h3-5,7-9,11-13,15-17,19-23,25-33,42,46,49H,6,10,14,18,24H2,1-2H3. The fraction of sp³-hybridized carbons (Fsp3) is 0.234. The van der Waals surface area contributed by atoms with E-state index in [0.29, 0.717) is 11.8 Å². The molecule has 2 aliphatic carbocycles.